The van der Waals surface area contributed by atoms with Gasteiger partial charge in [0.2, 0.25) is 0 Å². The molecule has 0 N–H and O–H groups in total. The smallest absolute Gasteiger partial charge is 0.337 e. The average molecular weight is 343 g/mol. The molecule has 1 atom stereocenters. The highest BCUT2D eigenvalue weighted by molar-refractivity contribution is 5.89. The highest BCUT2D eigenvalue weighted by Gasteiger charge is 2.20. The molecule has 1 aromatic heterocycles. The molecule has 25 heavy (non-hydrogen) atoms. The molecule has 1 fully saturated rings. The first-order valence-corrected chi connectivity index (χ1v) is 8.70. The van der Waals surface area contributed by atoms with Crippen molar-refractivity contribution in [2.45, 2.75) is 39.0 Å². The van der Waals surface area contributed by atoms with Gasteiger partial charge in [-0.2, -0.15) is 0 Å². The summed E-state index contributed by atoms with van der Waals surface area (Å²) in [5.74, 6) is 1.57. The number of furan rings is 1. The zero-order valence-corrected chi connectivity index (χ0v) is 14.9. The largest absolute Gasteiger partial charge is 0.465 e. The van der Waals surface area contributed by atoms with Crippen LogP contribution in [0.1, 0.15) is 40.3 Å². The number of ether oxygens (including phenoxy) is 2. The minimum Gasteiger partial charge on any atom is -0.465 e. The van der Waals surface area contributed by atoms with E-state index in [1.165, 1.54) is 7.11 Å². The molecule has 0 spiro atoms. The van der Waals surface area contributed by atoms with Crippen molar-refractivity contribution in [3.63, 3.8) is 0 Å². The predicted octanol–water partition coefficient (Wildman–Crippen LogP) is 3.56. The van der Waals surface area contributed by atoms with Gasteiger partial charge in [0.25, 0.3) is 0 Å². The number of carbonyl (C=O) groups is 1. The van der Waals surface area contributed by atoms with Gasteiger partial charge in [0, 0.05) is 19.7 Å². The zero-order chi connectivity index (χ0) is 17.6. The Balaban J connectivity index is 1.68. The molecule has 5 nitrogen and oxygen atoms in total. The van der Waals surface area contributed by atoms with Gasteiger partial charge in [0.05, 0.1) is 25.3 Å². The van der Waals surface area contributed by atoms with Crippen molar-refractivity contribution in [2.75, 3.05) is 20.3 Å². The Labute approximate surface area is 148 Å². The second kappa shape index (κ2) is 8.32. The number of rotatable bonds is 7. The van der Waals surface area contributed by atoms with Crippen molar-refractivity contribution < 1.29 is 18.7 Å². The number of carbonyl (C=O) groups excluding carboxylic acids is 1. The summed E-state index contributed by atoms with van der Waals surface area (Å²) >= 11 is 0. The highest BCUT2D eigenvalue weighted by Crippen LogP contribution is 2.18. The van der Waals surface area contributed by atoms with Crippen LogP contribution in [-0.2, 0) is 22.6 Å². The Kier molecular flexibility index (Phi) is 5.89. The third-order valence-corrected chi connectivity index (χ3v) is 4.44. The standard InChI is InChI=1S/C20H25NO4/c1-15-5-10-19(25-15)14-21(13-18-4-3-11-24-18)12-16-6-8-17(9-7-16)20(22)23-2/h5-10,18H,3-4,11-14H2,1-2H3. The second-order valence-corrected chi connectivity index (χ2v) is 6.51. The lowest BCUT2D eigenvalue weighted by Crippen LogP contribution is -2.31. The Morgan fingerprint density at radius 2 is 2.00 bits per heavy atom. The van der Waals surface area contributed by atoms with E-state index >= 15 is 0 Å². The molecule has 0 saturated carbocycles. The van der Waals surface area contributed by atoms with Gasteiger partial charge in [0.1, 0.15) is 11.5 Å². The molecular formula is C20H25NO4. The van der Waals surface area contributed by atoms with E-state index in [2.05, 4.69) is 4.90 Å². The molecule has 3 rings (SSSR count). The lowest BCUT2D eigenvalue weighted by molar-refractivity contribution is 0.0600. The van der Waals surface area contributed by atoms with Crippen LogP contribution in [0.3, 0.4) is 0 Å². The van der Waals surface area contributed by atoms with E-state index in [-0.39, 0.29) is 12.1 Å². The van der Waals surface area contributed by atoms with Crippen LogP contribution < -0.4 is 0 Å². The van der Waals surface area contributed by atoms with Crippen LogP contribution in [0.2, 0.25) is 0 Å². The Bertz CT molecular complexity index is 686. The quantitative estimate of drug-likeness (QED) is 0.720. The van der Waals surface area contributed by atoms with E-state index in [0.717, 1.165) is 56.2 Å². The number of benzene rings is 1. The summed E-state index contributed by atoms with van der Waals surface area (Å²) in [4.78, 5) is 13.9. The van der Waals surface area contributed by atoms with Crippen LogP contribution in [0.15, 0.2) is 40.8 Å². The average Bonchev–Trinajstić information content (AvgIpc) is 3.26. The maximum atomic E-state index is 11.6. The third kappa shape index (κ3) is 4.94. The summed E-state index contributed by atoms with van der Waals surface area (Å²) in [7, 11) is 1.39. The summed E-state index contributed by atoms with van der Waals surface area (Å²) in [5.41, 5.74) is 1.72. The normalized spacial score (nSPS) is 17.2. The van der Waals surface area contributed by atoms with Gasteiger partial charge in [0.15, 0.2) is 0 Å². The summed E-state index contributed by atoms with van der Waals surface area (Å²) in [6.07, 6.45) is 2.52. The number of nitrogens with zero attached hydrogens (tertiary/aromatic N) is 1. The van der Waals surface area contributed by atoms with Gasteiger partial charge in [-0.15, -0.1) is 0 Å². The van der Waals surface area contributed by atoms with Crippen molar-refractivity contribution >= 4 is 5.97 Å². The molecule has 0 bridgehead atoms. The van der Waals surface area contributed by atoms with E-state index in [9.17, 15) is 4.79 Å². The molecule has 1 aromatic carbocycles. The van der Waals surface area contributed by atoms with E-state index in [1.54, 1.807) is 0 Å². The van der Waals surface area contributed by atoms with Crippen LogP contribution in [0.25, 0.3) is 0 Å². The lowest BCUT2D eigenvalue weighted by Gasteiger charge is -2.24. The van der Waals surface area contributed by atoms with Crippen LogP contribution in [0, 0.1) is 6.92 Å². The Hall–Kier alpha value is -2.11. The minimum atomic E-state index is -0.311. The fourth-order valence-corrected chi connectivity index (χ4v) is 3.17. The molecule has 1 saturated heterocycles. The fourth-order valence-electron chi connectivity index (χ4n) is 3.17. The molecule has 2 heterocycles. The van der Waals surface area contributed by atoms with Crippen LogP contribution in [-0.4, -0.2) is 37.2 Å². The van der Waals surface area contributed by atoms with Gasteiger partial charge < -0.3 is 13.9 Å². The van der Waals surface area contributed by atoms with Crippen molar-refractivity contribution in [3.8, 4) is 0 Å². The van der Waals surface area contributed by atoms with Gasteiger partial charge >= 0.3 is 5.97 Å². The number of aryl methyl sites for hydroxylation is 1. The molecule has 0 amide bonds. The fraction of sp³-hybridized carbons (Fsp3) is 0.450. The maximum Gasteiger partial charge on any atom is 0.337 e. The van der Waals surface area contributed by atoms with Gasteiger partial charge in [-0.1, -0.05) is 12.1 Å². The van der Waals surface area contributed by atoms with Gasteiger partial charge in [-0.05, 0) is 49.6 Å². The first-order valence-electron chi connectivity index (χ1n) is 8.70. The molecule has 0 aliphatic carbocycles. The number of methoxy groups -OCH3 is 1. The van der Waals surface area contributed by atoms with Gasteiger partial charge in [-0.25, -0.2) is 4.79 Å². The van der Waals surface area contributed by atoms with Crippen molar-refractivity contribution in [3.05, 3.63) is 59.0 Å². The molecule has 0 radical (unpaired) electrons. The summed E-state index contributed by atoms with van der Waals surface area (Å²) in [6, 6.07) is 11.6. The van der Waals surface area contributed by atoms with Crippen molar-refractivity contribution in [2.24, 2.45) is 0 Å². The third-order valence-electron chi connectivity index (χ3n) is 4.44. The van der Waals surface area contributed by atoms with Crippen LogP contribution >= 0.6 is 0 Å². The van der Waals surface area contributed by atoms with E-state index < -0.39 is 0 Å². The number of esters is 1. The summed E-state index contributed by atoms with van der Waals surface area (Å²) < 4.78 is 16.3. The first-order chi connectivity index (χ1) is 12.1. The highest BCUT2D eigenvalue weighted by atomic mass is 16.5. The summed E-state index contributed by atoms with van der Waals surface area (Å²) in [5, 5.41) is 0. The van der Waals surface area contributed by atoms with E-state index in [1.807, 2.05) is 43.3 Å². The maximum absolute atomic E-state index is 11.6. The second-order valence-electron chi connectivity index (χ2n) is 6.51. The van der Waals surface area contributed by atoms with Crippen molar-refractivity contribution in [1.82, 2.24) is 4.90 Å². The van der Waals surface area contributed by atoms with E-state index in [4.69, 9.17) is 13.9 Å². The molecule has 1 unspecified atom stereocenters. The summed E-state index contributed by atoms with van der Waals surface area (Å²) in [6.45, 7) is 5.21. The van der Waals surface area contributed by atoms with Gasteiger partial charge in [-0.3, -0.25) is 4.90 Å². The first kappa shape index (κ1) is 17.7. The Morgan fingerprint density at radius 1 is 1.20 bits per heavy atom. The minimum absolute atomic E-state index is 0.283. The molecule has 2 aromatic rings. The SMILES string of the molecule is COC(=O)c1ccc(CN(Cc2ccc(C)o2)CC2CCCO2)cc1. The molecular weight excluding hydrogens is 318 g/mol. The number of hydrogen-bond acceptors (Lipinski definition) is 5. The topological polar surface area (TPSA) is 51.9 Å². The molecule has 134 valence electrons. The lowest BCUT2D eigenvalue weighted by atomic mass is 10.1. The van der Waals surface area contributed by atoms with Crippen molar-refractivity contribution in [1.29, 1.82) is 0 Å². The zero-order valence-electron chi connectivity index (χ0n) is 14.9. The molecule has 1 aliphatic heterocycles. The van der Waals surface area contributed by atoms with E-state index in [0.29, 0.717) is 5.56 Å². The van der Waals surface area contributed by atoms with Crippen LogP contribution in [0.5, 0.6) is 0 Å². The predicted molar refractivity (Wildman–Crippen MR) is 94.3 cm³/mol. The molecule has 5 heteroatoms. The monoisotopic (exact) mass is 343 g/mol. The van der Waals surface area contributed by atoms with Crippen LogP contribution in [0.4, 0.5) is 0 Å². The number of hydrogen-bond donors (Lipinski definition) is 0. The molecule has 1 aliphatic rings. The Morgan fingerprint density at radius 3 is 2.60 bits per heavy atom.